The summed E-state index contributed by atoms with van der Waals surface area (Å²) in [6.45, 7) is 1.87. The van der Waals surface area contributed by atoms with Crippen molar-refractivity contribution < 1.29 is 13.2 Å². The first kappa shape index (κ1) is 19.8. The highest BCUT2D eigenvalue weighted by atomic mass is 35.5. The average Bonchev–Trinajstić information content (AvgIpc) is 2.54. The monoisotopic (exact) mass is 397 g/mol. The van der Waals surface area contributed by atoms with Crippen molar-refractivity contribution in [2.24, 2.45) is 0 Å². The largest absolute Gasteiger partial charge is 0.349 e. The Labute approximate surface area is 157 Å². The van der Waals surface area contributed by atoms with E-state index in [9.17, 15) is 13.2 Å². The highest BCUT2D eigenvalue weighted by Gasteiger charge is 2.12. The number of sulfone groups is 1. The molecule has 0 bridgehead atoms. The van der Waals surface area contributed by atoms with E-state index in [2.05, 4.69) is 5.32 Å². The van der Waals surface area contributed by atoms with E-state index in [0.29, 0.717) is 16.5 Å². The number of halogens is 1. The van der Waals surface area contributed by atoms with Gasteiger partial charge in [-0.25, -0.2) is 8.42 Å². The molecule has 0 fully saturated rings. The van der Waals surface area contributed by atoms with Crippen LogP contribution in [0.25, 0.3) is 0 Å². The van der Waals surface area contributed by atoms with Gasteiger partial charge in [-0.15, -0.1) is 11.8 Å². The van der Waals surface area contributed by atoms with Crippen LogP contribution in [-0.2, 0) is 20.4 Å². The molecule has 0 saturated carbocycles. The number of nitrogens with one attached hydrogen (secondary N) is 1. The maximum atomic E-state index is 12.1. The summed E-state index contributed by atoms with van der Waals surface area (Å²) in [6, 6.07) is 13.9. The normalized spacial score (nSPS) is 12.6. The van der Waals surface area contributed by atoms with E-state index in [1.54, 1.807) is 24.3 Å². The van der Waals surface area contributed by atoms with Crippen LogP contribution >= 0.6 is 23.4 Å². The lowest BCUT2D eigenvalue weighted by Gasteiger charge is -2.14. The van der Waals surface area contributed by atoms with Crippen molar-refractivity contribution in [2.45, 2.75) is 23.6 Å². The van der Waals surface area contributed by atoms with E-state index in [1.165, 1.54) is 18.0 Å². The quantitative estimate of drug-likeness (QED) is 0.770. The van der Waals surface area contributed by atoms with Gasteiger partial charge in [-0.3, -0.25) is 4.79 Å². The van der Waals surface area contributed by atoms with Crippen LogP contribution < -0.4 is 5.32 Å². The van der Waals surface area contributed by atoms with Crippen LogP contribution in [0.5, 0.6) is 0 Å². The number of carbonyl (C=O) groups excluding carboxylic acids is 1. The van der Waals surface area contributed by atoms with E-state index >= 15 is 0 Å². The third kappa shape index (κ3) is 6.38. The molecule has 2 aromatic carbocycles. The molecule has 0 aliphatic rings. The highest BCUT2D eigenvalue weighted by molar-refractivity contribution is 7.99. The maximum absolute atomic E-state index is 12.1. The van der Waals surface area contributed by atoms with E-state index < -0.39 is 9.84 Å². The van der Waals surface area contributed by atoms with Gasteiger partial charge in [0.2, 0.25) is 5.91 Å². The fourth-order valence-electron chi connectivity index (χ4n) is 2.26. The number of thioether (sulfide) groups is 1. The molecule has 1 N–H and O–H groups in total. The molecule has 7 heteroatoms. The molecule has 1 amide bonds. The van der Waals surface area contributed by atoms with Crippen molar-refractivity contribution in [3.8, 4) is 0 Å². The number of amides is 1. The second kappa shape index (κ2) is 8.74. The Kier molecular flexibility index (Phi) is 6.93. The van der Waals surface area contributed by atoms with Crippen molar-refractivity contribution in [3.63, 3.8) is 0 Å². The molecule has 134 valence electrons. The lowest BCUT2D eigenvalue weighted by Crippen LogP contribution is -2.28. The van der Waals surface area contributed by atoms with Crippen molar-refractivity contribution in [1.29, 1.82) is 0 Å². The van der Waals surface area contributed by atoms with E-state index in [1.807, 2.05) is 31.2 Å². The molecule has 0 aliphatic carbocycles. The first-order valence-electron chi connectivity index (χ1n) is 7.67. The molecule has 0 heterocycles. The van der Waals surface area contributed by atoms with E-state index in [-0.39, 0.29) is 16.8 Å². The van der Waals surface area contributed by atoms with Gasteiger partial charge in [0.15, 0.2) is 9.84 Å². The first-order valence-corrected chi connectivity index (χ1v) is 11.1. The zero-order valence-electron chi connectivity index (χ0n) is 14.0. The minimum Gasteiger partial charge on any atom is -0.349 e. The Balaban J connectivity index is 1.83. The molecule has 1 atom stereocenters. The second-order valence-corrected chi connectivity index (χ2v) is 9.19. The van der Waals surface area contributed by atoms with Crippen molar-refractivity contribution in [2.75, 3.05) is 12.0 Å². The molecule has 4 nitrogen and oxygen atoms in total. The van der Waals surface area contributed by atoms with Crippen molar-refractivity contribution in [3.05, 3.63) is 64.7 Å². The molecule has 0 aliphatic heterocycles. The minimum absolute atomic E-state index is 0.0632. The van der Waals surface area contributed by atoms with Crippen LogP contribution in [0, 0.1) is 0 Å². The Morgan fingerprint density at radius 1 is 1.20 bits per heavy atom. The molecular weight excluding hydrogens is 378 g/mol. The molecule has 0 radical (unpaired) electrons. The second-order valence-electron chi connectivity index (χ2n) is 5.75. The standard InChI is InChI=1S/C18H20ClNO3S2/c1-13(15-6-8-17(9-7-15)25(2,22)23)20-18(21)12-24-11-14-4-3-5-16(19)10-14/h3-10,13H,11-12H2,1-2H3,(H,20,21)/t13-/m1/s1. The van der Waals surface area contributed by atoms with Crippen LogP contribution in [0.15, 0.2) is 53.4 Å². The predicted molar refractivity (Wildman–Crippen MR) is 104 cm³/mol. The molecule has 0 spiro atoms. The van der Waals surface area contributed by atoms with Gasteiger partial charge in [0.1, 0.15) is 0 Å². The number of benzene rings is 2. The lowest BCUT2D eigenvalue weighted by molar-refractivity contribution is -0.119. The van der Waals surface area contributed by atoms with Gasteiger partial charge >= 0.3 is 0 Å². The summed E-state index contributed by atoms with van der Waals surface area (Å²) in [5, 5.41) is 3.61. The number of rotatable bonds is 7. The molecule has 2 rings (SSSR count). The third-order valence-electron chi connectivity index (χ3n) is 3.58. The van der Waals surface area contributed by atoms with Crippen LogP contribution in [0.2, 0.25) is 5.02 Å². The molecule has 25 heavy (non-hydrogen) atoms. The molecular formula is C18H20ClNO3S2. The van der Waals surface area contributed by atoms with E-state index in [0.717, 1.165) is 11.1 Å². The smallest absolute Gasteiger partial charge is 0.230 e. The van der Waals surface area contributed by atoms with Crippen LogP contribution in [-0.4, -0.2) is 26.3 Å². The fourth-order valence-corrected chi connectivity index (χ4v) is 3.89. The summed E-state index contributed by atoms with van der Waals surface area (Å²) in [5.41, 5.74) is 1.94. The Morgan fingerprint density at radius 3 is 2.48 bits per heavy atom. The lowest BCUT2D eigenvalue weighted by atomic mass is 10.1. The maximum Gasteiger partial charge on any atom is 0.230 e. The van der Waals surface area contributed by atoms with Gasteiger partial charge in [0.05, 0.1) is 16.7 Å². The summed E-state index contributed by atoms with van der Waals surface area (Å²) in [5.74, 6) is 0.996. The Morgan fingerprint density at radius 2 is 1.88 bits per heavy atom. The van der Waals surface area contributed by atoms with Crippen molar-refractivity contribution in [1.82, 2.24) is 5.32 Å². The minimum atomic E-state index is -3.21. The number of hydrogen-bond acceptors (Lipinski definition) is 4. The number of carbonyl (C=O) groups is 1. The Hall–Kier alpha value is -1.50. The van der Waals surface area contributed by atoms with Gasteiger partial charge in [0, 0.05) is 17.0 Å². The van der Waals surface area contributed by atoms with Gasteiger partial charge in [-0.1, -0.05) is 35.9 Å². The molecule has 2 aromatic rings. The summed E-state index contributed by atoms with van der Waals surface area (Å²) >= 11 is 7.45. The van der Waals surface area contributed by atoms with Gasteiger partial charge in [-0.05, 0) is 42.3 Å². The van der Waals surface area contributed by atoms with Crippen LogP contribution in [0.3, 0.4) is 0 Å². The Bertz CT molecular complexity index is 836. The van der Waals surface area contributed by atoms with E-state index in [4.69, 9.17) is 11.6 Å². The van der Waals surface area contributed by atoms with Crippen molar-refractivity contribution >= 4 is 39.1 Å². The summed E-state index contributed by atoms with van der Waals surface area (Å²) in [4.78, 5) is 12.3. The van der Waals surface area contributed by atoms with Gasteiger partial charge < -0.3 is 5.32 Å². The molecule has 0 aromatic heterocycles. The summed E-state index contributed by atoms with van der Waals surface area (Å²) in [7, 11) is -3.21. The third-order valence-corrected chi connectivity index (χ3v) is 5.94. The number of hydrogen-bond donors (Lipinski definition) is 1. The zero-order chi connectivity index (χ0) is 18.4. The van der Waals surface area contributed by atoms with Crippen LogP contribution in [0.4, 0.5) is 0 Å². The SMILES string of the molecule is C[C@@H](NC(=O)CSCc1cccc(Cl)c1)c1ccc(S(C)(=O)=O)cc1. The highest BCUT2D eigenvalue weighted by Crippen LogP contribution is 2.18. The zero-order valence-corrected chi connectivity index (χ0v) is 16.4. The summed E-state index contributed by atoms with van der Waals surface area (Å²) < 4.78 is 22.9. The topological polar surface area (TPSA) is 63.2 Å². The summed E-state index contributed by atoms with van der Waals surface area (Å²) in [6.07, 6.45) is 1.17. The van der Waals surface area contributed by atoms with Gasteiger partial charge in [0.25, 0.3) is 0 Å². The van der Waals surface area contributed by atoms with Crippen LogP contribution in [0.1, 0.15) is 24.1 Å². The first-order chi connectivity index (χ1) is 11.8. The average molecular weight is 398 g/mol. The van der Waals surface area contributed by atoms with Gasteiger partial charge in [-0.2, -0.15) is 0 Å². The molecule has 0 saturated heterocycles. The molecule has 0 unspecified atom stereocenters. The predicted octanol–water partition coefficient (Wildman–Crippen LogP) is 3.85. The fraction of sp³-hybridized carbons (Fsp3) is 0.278.